The molecule has 0 bridgehead atoms. The molecule has 1 spiro atoms. The Kier molecular flexibility index (Phi) is 4.82. The van der Waals surface area contributed by atoms with Crippen molar-refractivity contribution in [3.63, 3.8) is 0 Å². The number of nitrogens with zero attached hydrogens (tertiary/aromatic N) is 2. The smallest absolute Gasteiger partial charge is 0.317 e. The minimum absolute atomic E-state index is 0.00565. The molecule has 1 atom stereocenters. The first-order valence-electron chi connectivity index (χ1n) is 9.61. The summed E-state index contributed by atoms with van der Waals surface area (Å²) in [6.45, 7) is 2.89. The number of carbonyl (C=O) groups is 2. The highest BCUT2D eigenvalue weighted by Gasteiger charge is 2.46. The molecule has 2 heterocycles. The van der Waals surface area contributed by atoms with Crippen LogP contribution in [0, 0.1) is 5.41 Å². The highest BCUT2D eigenvalue weighted by Crippen LogP contribution is 2.42. The maximum atomic E-state index is 12.7. The number of hydrogen-bond acceptors (Lipinski definition) is 2. The molecule has 6 heteroatoms. The van der Waals surface area contributed by atoms with Crippen LogP contribution in [-0.4, -0.2) is 47.4 Å². The van der Waals surface area contributed by atoms with Crippen LogP contribution in [0.3, 0.4) is 0 Å². The number of nitrogens with one attached hydrogen (secondary N) is 1. The Hall–Kier alpha value is -1.75. The Morgan fingerprint density at radius 2 is 1.96 bits per heavy atom. The minimum atomic E-state index is -0.00565. The summed E-state index contributed by atoms with van der Waals surface area (Å²) in [6, 6.07) is 8.00. The predicted octanol–water partition coefficient (Wildman–Crippen LogP) is 3.42. The van der Waals surface area contributed by atoms with E-state index in [2.05, 4.69) is 10.2 Å². The summed E-state index contributed by atoms with van der Waals surface area (Å²) in [5.41, 5.74) is 1.13. The van der Waals surface area contributed by atoms with Crippen LogP contribution in [0.5, 0.6) is 0 Å². The number of halogens is 1. The van der Waals surface area contributed by atoms with Crippen molar-refractivity contribution in [1.29, 1.82) is 0 Å². The van der Waals surface area contributed by atoms with E-state index < -0.39 is 0 Å². The Morgan fingerprint density at radius 1 is 1.19 bits per heavy atom. The zero-order valence-electron chi connectivity index (χ0n) is 15.0. The molecule has 26 heavy (non-hydrogen) atoms. The quantitative estimate of drug-likeness (QED) is 0.880. The first-order valence-corrected chi connectivity index (χ1v) is 9.99. The second-order valence-electron chi connectivity index (χ2n) is 8.06. The predicted molar refractivity (Wildman–Crippen MR) is 101 cm³/mol. The van der Waals surface area contributed by atoms with Crippen LogP contribution in [0.1, 0.15) is 44.1 Å². The fraction of sp³-hybridized carbons (Fsp3) is 0.600. The third-order valence-electron chi connectivity index (χ3n) is 5.99. The fourth-order valence-corrected chi connectivity index (χ4v) is 4.50. The Morgan fingerprint density at radius 3 is 2.69 bits per heavy atom. The lowest BCUT2D eigenvalue weighted by atomic mass is 9.73. The molecule has 3 fully saturated rings. The van der Waals surface area contributed by atoms with Crippen LogP contribution in [0.4, 0.5) is 4.79 Å². The zero-order valence-corrected chi connectivity index (χ0v) is 15.8. The van der Waals surface area contributed by atoms with Gasteiger partial charge in [0, 0.05) is 49.1 Å². The van der Waals surface area contributed by atoms with E-state index in [4.69, 9.17) is 11.6 Å². The molecule has 2 saturated heterocycles. The second kappa shape index (κ2) is 7.10. The third-order valence-corrected chi connectivity index (χ3v) is 6.24. The largest absolute Gasteiger partial charge is 0.339 e. The van der Waals surface area contributed by atoms with Crippen LogP contribution in [0.25, 0.3) is 0 Å². The first kappa shape index (κ1) is 17.7. The Labute approximate surface area is 159 Å². The molecule has 1 N–H and O–H groups in total. The van der Waals surface area contributed by atoms with Crippen molar-refractivity contribution >= 4 is 23.5 Å². The van der Waals surface area contributed by atoms with Gasteiger partial charge in [0.2, 0.25) is 5.91 Å². The van der Waals surface area contributed by atoms with E-state index in [0.29, 0.717) is 29.9 Å². The average molecular weight is 376 g/mol. The average Bonchev–Trinajstić information content (AvgIpc) is 3.48. The summed E-state index contributed by atoms with van der Waals surface area (Å²) < 4.78 is 0. The van der Waals surface area contributed by atoms with Crippen LogP contribution >= 0.6 is 11.6 Å². The molecule has 140 valence electrons. The van der Waals surface area contributed by atoms with Gasteiger partial charge in [-0.25, -0.2) is 4.79 Å². The lowest BCUT2D eigenvalue weighted by Gasteiger charge is -2.48. The van der Waals surface area contributed by atoms with Crippen molar-refractivity contribution in [2.45, 2.75) is 51.1 Å². The van der Waals surface area contributed by atoms with E-state index in [9.17, 15) is 9.59 Å². The Bertz CT molecular complexity index is 689. The zero-order chi connectivity index (χ0) is 18.1. The molecule has 1 aliphatic carbocycles. The van der Waals surface area contributed by atoms with Crippen molar-refractivity contribution in [3.8, 4) is 0 Å². The van der Waals surface area contributed by atoms with E-state index in [1.165, 1.54) is 0 Å². The number of likely N-dealkylation sites (tertiary alicyclic amines) is 2. The summed E-state index contributed by atoms with van der Waals surface area (Å²) in [5.74, 6) is 0.308. The lowest BCUT2D eigenvalue weighted by molar-refractivity contribution is -0.139. The third kappa shape index (κ3) is 3.83. The van der Waals surface area contributed by atoms with Crippen molar-refractivity contribution in [2.24, 2.45) is 5.41 Å². The Balaban J connectivity index is 1.36. The van der Waals surface area contributed by atoms with Crippen LogP contribution < -0.4 is 5.32 Å². The van der Waals surface area contributed by atoms with Gasteiger partial charge in [0.1, 0.15) is 0 Å². The van der Waals surface area contributed by atoms with E-state index in [0.717, 1.165) is 57.3 Å². The summed E-state index contributed by atoms with van der Waals surface area (Å²) >= 11 is 5.90. The molecule has 4 rings (SSSR count). The van der Waals surface area contributed by atoms with Crippen molar-refractivity contribution in [2.75, 3.05) is 19.6 Å². The van der Waals surface area contributed by atoms with Gasteiger partial charge in [0.25, 0.3) is 0 Å². The van der Waals surface area contributed by atoms with Gasteiger partial charge in [-0.05, 0) is 49.8 Å². The molecule has 0 unspecified atom stereocenters. The molecule has 1 saturated carbocycles. The van der Waals surface area contributed by atoms with Gasteiger partial charge >= 0.3 is 6.03 Å². The SMILES string of the molecule is O=C(NCc1ccc(Cl)cc1)N1CCC[C@]2(CCC(=O)N(C3CC3)C2)C1. The molecule has 3 aliphatic rings. The van der Waals surface area contributed by atoms with Crippen molar-refractivity contribution in [1.82, 2.24) is 15.1 Å². The molecule has 5 nitrogen and oxygen atoms in total. The van der Waals surface area contributed by atoms with Gasteiger partial charge in [-0.15, -0.1) is 0 Å². The minimum Gasteiger partial charge on any atom is -0.339 e. The number of benzene rings is 1. The molecule has 2 aliphatic heterocycles. The highest BCUT2D eigenvalue weighted by atomic mass is 35.5. The highest BCUT2D eigenvalue weighted by molar-refractivity contribution is 6.30. The number of hydrogen-bond donors (Lipinski definition) is 1. The second-order valence-corrected chi connectivity index (χ2v) is 8.50. The molecule has 1 aromatic rings. The molecule has 0 aromatic heterocycles. The van der Waals surface area contributed by atoms with E-state index >= 15 is 0 Å². The molecule has 0 radical (unpaired) electrons. The van der Waals surface area contributed by atoms with Gasteiger partial charge in [-0.1, -0.05) is 23.7 Å². The van der Waals surface area contributed by atoms with Crippen LogP contribution in [0.2, 0.25) is 5.02 Å². The topological polar surface area (TPSA) is 52.7 Å². The monoisotopic (exact) mass is 375 g/mol. The summed E-state index contributed by atoms with van der Waals surface area (Å²) in [6.07, 6.45) is 5.97. The van der Waals surface area contributed by atoms with Crippen molar-refractivity contribution in [3.05, 3.63) is 34.9 Å². The number of urea groups is 1. The number of rotatable bonds is 3. The number of piperidine rings is 2. The summed E-state index contributed by atoms with van der Waals surface area (Å²) in [7, 11) is 0. The van der Waals surface area contributed by atoms with Crippen LogP contribution in [0.15, 0.2) is 24.3 Å². The lowest BCUT2D eigenvalue weighted by Crippen LogP contribution is -2.56. The van der Waals surface area contributed by atoms with Crippen molar-refractivity contribution < 1.29 is 9.59 Å². The summed E-state index contributed by atoms with van der Waals surface area (Å²) in [5, 5.41) is 3.73. The molecule has 3 amide bonds. The maximum absolute atomic E-state index is 12.7. The van der Waals surface area contributed by atoms with Gasteiger partial charge in [0.15, 0.2) is 0 Å². The van der Waals surface area contributed by atoms with Crippen LogP contribution in [-0.2, 0) is 11.3 Å². The normalized spacial score (nSPS) is 26.3. The van der Waals surface area contributed by atoms with Gasteiger partial charge in [0.05, 0.1) is 0 Å². The van der Waals surface area contributed by atoms with Gasteiger partial charge in [-0.3, -0.25) is 4.79 Å². The fourth-order valence-electron chi connectivity index (χ4n) is 4.37. The first-order chi connectivity index (χ1) is 12.5. The number of carbonyl (C=O) groups excluding carboxylic acids is 2. The molecular weight excluding hydrogens is 350 g/mol. The van der Waals surface area contributed by atoms with Gasteiger partial charge < -0.3 is 15.1 Å². The molecular formula is C20H26ClN3O2. The molecule has 1 aromatic carbocycles. The summed E-state index contributed by atoms with van der Waals surface area (Å²) in [4.78, 5) is 28.9. The van der Waals surface area contributed by atoms with Gasteiger partial charge in [-0.2, -0.15) is 0 Å². The van der Waals surface area contributed by atoms with E-state index in [1.807, 2.05) is 29.2 Å². The van der Waals surface area contributed by atoms with E-state index in [-0.39, 0.29) is 11.4 Å². The van der Waals surface area contributed by atoms with E-state index in [1.54, 1.807) is 0 Å². The standard InChI is InChI=1S/C20H26ClN3O2/c21-16-4-2-15(3-5-16)12-22-19(26)23-11-1-9-20(13-23)10-8-18(25)24(14-20)17-6-7-17/h2-5,17H,1,6-14H2,(H,22,26)/t20-/m0/s1. The maximum Gasteiger partial charge on any atom is 0.317 e. The number of amides is 3.